The molecule has 0 aliphatic heterocycles. The molecule has 4 heteroatoms. The second-order valence-corrected chi connectivity index (χ2v) is 6.37. The van der Waals surface area contributed by atoms with Gasteiger partial charge in [0.1, 0.15) is 0 Å². The Morgan fingerprint density at radius 1 is 1.24 bits per heavy atom. The molecule has 0 saturated carbocycles. The van der Waals surface area contributed by atoms with Gasteiger partial charge in [-0.3, -0.25) is 4.79 Å². The number of hydrogen-bond acceptors (Lipinski definition) is 3. The van der Waals surface area contributed by atoms with Crippen molar-refractivity contribution in [2.75, 3.05) is 6.26 Å². The third kappa shape index (κ3) is 3.66. The van der Waals surface area contributed by atoms with Crippen molar-refractivity contribution in [3.05, 3.63) is 29.8 Å². The monoisotopic (exact) mass is 254 g/mol. The molecule has 0 bridgehead atoms. The molecule has 1 aromatic rings. The average Bonchev–Trinajstić information content (AvgIpc) is 2.27. The van der Waals surface area contributed by atoms with Gasteiger partial charge in [-0.2, -0.15) is 0 Å². The fourth-order valence-corrected chi connectivity index (χ4v) is 2.35. The van der Waals surface area contributed by atoms with Crippen molar-refractivity contribution in [2.45, 2.75) is 31.6 Å². The van der Waals surface area contributed by atoms with Gasteiger partial charge < -0.3 is 0 Å². The van der Waals surface area contributed by atoms with Crippen molar-refractivity contribution in [1.29, 1.82) is 0 Å². The predicted molar refractivity (Wildman–Crippen MR) is 68.0 cm³/mol. The molecule has 1 atom stereocenters. The summed E-state index contributed by atoms with van der Waals surface area (Å²) in [5, 5.41) is 0. The van der Waals surface area contributed by atoms with Gasteiger partial charge >= 0.3 is 0 Å². The molecule has 0 spiro atoms. The lowest BCUT2D eigenvalue weighted by atomic mass is 9.95. The molecule has 0 aliphatic carbocycles. The van der Waals surface area contributed by atoms with E-state index in [-0.39, 0.29) is 16.6 Å². The fraction of sp³-hybridized carbons (Fsp3) is 0.462. The summed E-state index contributed by atoms with van der Waals surface area (Å²) in [6.07, 6.45) is 2.98. The molecule has 0 amide bonds. The van der Waals surface area contributed by atoms with Crippen molar-refractivity contribution < 1.29 is 13.2 Å². The molecular formula is C13H18O3S. The number of Topliss-reactive ketones (excluding diaryl/α,β-unsaturated/α-hetero) is 1. The minimum Gasteiger partial charge on any atom is -0.294 e. The molecule has 94 valence electrons. The number of rotatable bonds is 5. The summed E-state index contributed by atoms with van der Waals surface area (Å²) in [5.74, 6) is 0.0657. The first kappa shape index (κ1) is 13.9. The third-order valence-electron chi connectivity index (χ3n) is 2.74. The lowest BCUT2D eigenvalue weighted by Crippen LogP contribution is -2.11. The second-order valence-electron chi connectivity index (χ2n) is 4.35. The summed E-state index contributed by atoms with van der Waals surface area (Å²) in [6.45, 7) is 3.94. The standard InChI is InChI=1S/C13H18O3S/c1-4-5-10(2)13(14)11-6-8-12(9-7-11)17(3,15)16/h6-10H,4-5H2,1-3H3. The topological polar surface area (TPSA) is 51.2 Å². The third-order valence-corrected chi connectivity index (χ3v) is 3.86. The Hall–Kier alpha value is -1.16. The summed E-state index contributed by atoms with van der Waals surface area (Å²) in [5.41, 5.74) is 0.582. The van der Waals surface area contributed by atoms with Gasteiger partial charge in [-0.05, 0) is 18.6 Å². The Morgan fingerprint density at radius 2 is 1.76 bits per heavy atom. The maximum Gasteiger partial charge on any atom is 0.175 e. The predicted octanol–water partition coefficient (Wildman–Crippen LogP) is 2.71. The quantitative estimate of drug-likeness (QED) is 0.759. The lowest BCUT2D eigenvalue weighted by Gasteiger charge is -2.09. The molecule has 1 unspecified atom stereocenters. The van der Waals surface area contributed by atoms with Gasteiger partial charge in [-0.15, -0.1) is 0 Å². The van der Waals surface area contributed by atoms with Crippen LogP contribution >= 0.6 is 0 Å². The van der Waals surface area contributed by atoms with Crippen LogP contribution in [0.5, 0.6) is 0 Å². The minimum absolute atomic E-state index is 0.0101. The number of benzene rings is 1. The van der Waals surface area contributed by atoms with E-state index in [0.29, 0.717) is 5.56 Å². The number of carbonyl (C=O) groups excluding carboxylic acids is 1. The summed E-state index contributed by atoms with van der Waals surface area (Å²) in [7, 11) is -3.19. The van der Waals surface area contributed by atoms with Crippen molar-refractivity contribution in [3.63, 3.8) is 0 Å². The Balaban J connectivity index is 2.92. The molecule has 0 heterocycles. The Labute approximate surface area is 103 Å². The first-order valence-corrected chi connectivity index (χ1v) is 7.59. The van der Waals surface area contributed by atoms with E-state index in [1.165, 1.54) is 12.1 Å². The maximum absolute atomic E-state index is 11.9. The molecule has 0 saturated heterocycles. The molecule has 0 aromatic heterocycles. The van der Waals surface area contributed by atoms with Crippen LogP contribution < -0.4 is 0 Å². The normalized spacial score (nSPS) is 13.4. The number of ketones is 1. The van der Waals surface area contributed by atoms with Crippen LogP contribution in [0.3, 0.4) is 0 Å². The smallest absolute Gasteiger partial charge is 0.175 e. The summed E-state index contributed by atoms with van der Waals surface area (Å²) >= 11 is 0. The van der Waals surface area contributed by atoms with Gasteiger partial charge in [0.2, 0.25) is 0 Å². The van der Waals surface area contributed by atoms with Gasteiger partial charge in [0.15, 0.2) is 15.6 Å². The van der Waals surface area contributed by atoms with Crippen LogP contribution in [-0.2, 0) is 9.84 Å². The van der Waals surface area contributed by atoms with E-state index in [4.69, 9.17) is 0 Å². The van der Waals surface area contributed by atoms with Gasteiger partial charge in [-0.1, -0.05) is 32.4 Å². The van der Waals surface area contributed by atoms with E-state index in [0.717, 1.165) is 19.1 Å². The number of carbonyl (C=O) groups is 1. The lowest BCUT2D eigenvalue weighted by molar-refractivity contribution is 0.0923. The van der Waals surface area contributed by atoms with Gasteiger partial charge in [0, 0.05) is 17.7 Å². The van der Waals surface area contributed by atoms with Crippen molar-refractivity contribution in [2.24, 2.45) is 5.92 Å². The zero-order valence-electron chi connectivity index (χ0n) is 10.4. The molecular weight excluding hydrogens is 236 g/mol. The largest absolute Gasteiger partial charge is 0.294 e. The van der Waals surface area contributed by atoms with Crippen molar-refractivity contribution >= 4 is 15.6 Å². The van der Waals surface area contributed by atoms with Crippen LogP contribution in [0.4, 0.5) is 0 Å². The Kier molecular flexibility index (Phi) is 4.46. The second kappa shape index (κ2) is 5.45. The van der Waals surface area contributed by atoms with Gasteiger partial charge in [0.05, 0.1) is 4.90 Å². The average molecular weight is 254 g/mol. The van der Waals surface area contributed by atoms with E-state index < -0.39 is 9.84 Å². The molecule has 0 fully saturated rings. The summed E-state index contributed by atoms with van der Waals surface area (Å²) < 4.78 is 22.5. The van der Waals surface area contributed by atoms with E-state index in [9.17, 15) is 13.2 Å². The van der Waals surface area contributed by atoms with E-state index in [2.05, 4.69) is 0 Å². The molecule has 3 nitrogen and oxygen atoms in total. The zero-order chi connectivity index (χ0) is 13.1. The fourth-order valence-electron chi connectivity index (χ4n) is 1.72. The van der Waals surface area contributed by atoms with E-state index >= 15 is 0 Å². The highest BCUT2D eigenvalue weighted by Gasteiger charge is 2.15. The maximum atomic E-state index is 11.9. The molecule has 0 radical (unpaired) electrons. The van der Waals surface area contributed by atoms with Crippen LogP contribution in [0.2, 0.25) is 0 Å². The molecule has 1 rings (SSSR count). The molecule has 1 aromatic carbocycles. The summed E-state index contributed by atoms with van der Waals surface area (Å²) in [4.78, 5) is 12.2. The highest BCUT2D eigenvalue weighted by Crippen LogP contribution is 2.16. The van der Waals surface area contributed by atoms with Crippen LogP contribution in [0.1, 0.15) is 37.0 Å². The van der Waals surface area contributed by atoms with Crippen LogP contribution in [-0.4, -0.2) is 20.5 Å². The zero-order valence-corrected chi connectivity index (χ0v) is 11.3. The first-order valence-electron chi connectivity index (χ1n) is 5.70. The Morgan fingerprint density at radius 3 is 2.18 bits per heavy atom. The van der Waals surface area contributed by atoms with E-state index in [1.54, 1.807) is 12.1 Å². The van der Waals surface area contributed by atoms with Crippen LogP contribution in [0, 0.1) is 5.92 Å². The summed E-state index contributed by atoms with van der Waals surface area (Å²) in [6, 6.07) is 6.15. The highest BCUT2D eigenvalue weighted by molar-refractivity contribution is 7.90. The van der Waals surface area contributed by atoms with Crippen LogP contribution in [0.25, 0.3) is 0 Å². The molecule has 0 N–H and O–H groups in total. The van der Waals surface area contributed by atoms with E-state index in [1.807, 2.05) is 13.8 Å². The molecule has 0 aliphatic rings. The number of hydrogen-bond donors (Lipinski definition) is 0. The number of sulfone groups is 1. The minimum atomic E-state index is -3.19. The molecule has 17 heavy (non-hydrogen) atoms. The SMILES string of the molecule is CCCC(C)C(=O)c1ccc(S(C)(=O)=O)cc1. The van der Waals surface area contributed by atoms with Gasteiger partial charge in [0.25, 0.3) is 0 Å². The first-order chi connectivity index (χ1) is 7.86. The van der Waals surface area contributed by atoms with Crippen molar-refractivity contribution in [1.82, 2.24) is 0 Å². The Bertz CT molecular complexity index is 486. The van der Waals surface area contributed by atoms with Crippen LogP contribution in [0.15, 0.2) is 29.2 Å². The highest BCUT2D eigenvalue weighted by atomic mass is 32.2. The van der Waals surface area contributed by atoms with Crippen molar-refractivity contribution in [3.8, 4) is 0 Å². The van der Waals surface area contributed by atoms with Gasteiger partial charge in [-0.25, -0.2) is 8.42 Å².